The van der Waals surface area contributed by atoms with Crippen molar-refractivity contribution in [2.75, 3.05) is 0 Å². The summed E-state index contributed by atoms with van der Waals surface area (Å²) in [5.41, 5.74) is 1.02. The lowest BCUT2D eigenvalue weighted by Gasteiger charge is -2.20. The van der Waals surface area contributed by atoms with E-state index in [1.54, 1.807) is 5.19 Å². The molecule has 0 radical (unpaired) electrons. The molecule has 1 N–H and O–H groups in total. The molecular formula is C15H26OSi. The zero-order valence-electron chi connectivity index (χ0n) is 11.6. The molecule has 0 amide bonds. The molecule has 0 aliphatic heterocycles. The van der Waals surface area contributed by atoms with E-state index in [0.29, 0.717) is 0 Å². The van der Waals surface area contributed by atoms with Crippen LogP contribution in [0.1, 0.15) is 33.3 Å². The summed E-state index contributed by atoms with van der Waals surface area (Å²) in [6.07, 6.45) is 0. The summed E-state index contributed by atoms with van der Waals surface area (Å²) in [4.78, 5) is 0. The fraction of sp³-hybridized carbons (Fsp3) is 0.600. The van der Waals surface area contributed by atoms with E-state index in [1.807, 2.05) is 0 Å². The summed E-state index contributed by atoms with van der Waals surface area (Å²) in [6, 6.07) is 11.4. The molecule has 0 atom stereocenters. The Bertz CT molecular complexity index is 306. The van der Waals surface area contributed by atoms with Crippen molar-refractivity contribution >= 4 is 14.0 Å². The van der Waals surface area contributed by atoms with Crippen LogP contribution in [-0.2, 0) is 6.61 Å². The molecule has 0 aromatic heterocycles. The highest BCUT2D eigenvalue weighted by atomic mass is 28.3. The van der Waals surface area contributed by atoms with Gasteiger partial charge in [-0.2, -0.15) is 0 Å². The summed E-state index contributed by atoms with van der Waals surface area (Å²) in [5.74, 6) is 1.59. The van der Waals surface area contributed by atoms with Gasteiger partial charge in [0, 0.05) is 0 Å². The highest BCUT2D eigenvalue weighted by molar-refractivity contribution is 6.73. The Kier molecular flexibility index (Phi) is 5.93. The molecule has 0 fully saturated rings. The Morgan fingerprint density at radius 2 is 1.41 bits per heavy atom. The monoisotopic (exact) mass is 250 g/mol. The van der Waals surface area contributed by atoms with E-state index in [2.05, 4.69) is 52.0 Å². The topological polar surface area (TPSA) is 20.2 Å². The van der Waals surface area contributed by atoms with E-state index in [1.165, 1.54) is 12.1 Å². The third-order valence-electron chi connectivity index (χ3n) is 3.15. The molecule has 0 saturated carbocycles. The molecule has 1 aromatic rings. The van der Waals surface area contributed by atoms with Crippen molar-refractivity contribution in [2.45, 2.75) is 46.4 Å². The Morgan fingerprint density at radius 1 is 0.941 bits per heavy atom. The maximum Gasteiger partial charge on any atom is 0.0713 e. The molecule has 1 aromatic carbocycles. The maximum absolute atomic E-state index is 9.07. The predicted octanol–water partition coefficient (Wildman–Crippen LogP) is 2.93. The van der Waals surface area contributed by atoms with Gasteiger partial charge < -0.3 is 5.11 Å². The van der Waals surface area contributed by atoms with Crippen LogP contribution in [0.2, 0.25) is 12.1 Å². The van der Waals surface area contributed by atoms with Gasteiger partial charge in [-0.15, -0.1) is 0 Å². The fourth-order valence-electron chi connectivity index (χ4n) is 2.40. The number of hydrogen-bond donors (Lipinski definition) is 1. The van der Waals surface area contributed by atoms with Crippen LogP contribution in [0.3, 0.4) is 0 Å². The van der Waals surface area contributed by atoms with E-state index in [9.17, 15) is 0 Å². The number of hydrogen-bond acceptors (Lipinski definition) is 1. The molecule has 0 heterocycles. The van der Waals surface area contributed by atoms with Crippen LogP contribution in [0.4, 0.5) is 0 Å². The molecule has 17 heavy (non-hydrogen) atoms. The van der Waals surface area contributed by atoms with Crippen molar-refractivity contribution in [3.8, 4) is 0 Å². The summed E-state index contributed by atoms with van der Waals surface area (Å²) in [6.45, 7) is 9.44. The van der Waals surface area contributed by atoms with E-state index < -0.39 is 8.80 Å². The summed E-state index contributed by atoms with van der Waals surface area (Å²) in [5, 5.41) is 10.6. The number of aliphatic hydroxyl groups excluding tert-OH is 1. The molecular weight excluding hydrogens is 224 g/mol. The average Bonchev–Trinajstić information content (AvgIpc) is 2.27. The molecule has 0 aliphatic carbocycles. The molecule has 0 aliphatic rings. The van der Waals surface area contributed by atoms with Crippen LogP contribution in [0, 0.1) is 11.8 Å². The molecule has 0 saturated heterocycles. The highest BCUT2D eigenvalue weighted by Gasteiger charge is 2.16. The van der Waals surface area contributed by atoms with Gasteiger partial charge in [0.25, 0.3) is 0 Å². The third kappa shape index (κ3) is 5.05. The van der Waals surface area contributed by atoms with Crippen molar-refractivity contribution < 1.29 is 5.11 Å². The van der Waals surface area contributed by atoms with Crippen LogP contribution in [0.15, 0.2) is 24.3 Å². The molecule has 2 heteroatoms. The minimum absolute atomic E-state index is 0.154. The number of benzene rings is 1. The van der Waals surface area contributed by atoms with Crippen LogP contribution in [0.25, 0.3) is 0 Å². The first kappa shape index (κ1) is 14.5. The molecule has 0 unspecified atom stereocenters. The molecule has 0 spiro atoms. The first-order chi connectivity index (χ1) is 8.02. The van der Waals surface area contributed by atoms with Crippen molar-refractivity contribution in [3.63, 3.8) is 0 Å². The lowest BCUT2D eigenvalue weighted by atomic mass is 10.2. The smallest absolute Gasteiger partial charge is 0.0713 e. The molecule has 96 valence electrons. The second kappa shape index (κ2) is 6.97. The van der Waals surface area contributed by atoms with E-state index >= 15 is 0 Å². The summed E-state index contributed by atoms with van der Waals surface area (Å²) >= 11 is 0. The van der Waals surface area contributed by atoms with Gasteiger partial charge in [-0.1, -0.05) is 69.2 Å². The largest absolute Gasteiger partial charge is 0.392 e. The quantitative estimate of drug-likeness (QED) is 0.770. The number of aliphatic hydroxyl groups is 1. The van der Waals surface area contributed by atoms with Gasteiger partial charge in [0.2, 0.25) is 0 Å². The molecule has 1 nitrogen and oxygen atoms in total. The fourth-order valence-corrected chi connectivity index (χ4v) is 6.15. The van der Waals surface area contributed by atoms with Gasteiger partial charge >= 0.3 is 0 Å². The Balaban J connectivity index is 2.79. The second-order valence-electron chi connectivity index (χ2n) is 5.86. The third-order valence-corrected chi connectivity index (χ3v) is 7.50. The molecule has 0 bridgehead atoms. The SMILES string of the molecule is CC(C)C[SiH](CC(C)C)c1ccc(CO)cc1. The summed E-state index contributed by atoms with van der Waals surface area (Å²) < 4.78 is 0. The Labute approximate surface area is 107 Å². The van der Waals surface area contributed by atoms with E-state index in [0.717, 1.165) is 17.4 Å². The predicted molar refractivity (Wildman–Crippen MR) is 78.4 cm³/mol. The lowest BCUT2D eigenvalue weighted by Crippen LogP contribution is -2.32. The normalized spacial score (nSPS) is 11.8. The second-order valence-corrected chi connectivity index (χ2v) is 8.86. The van der Waals surface area contributed by atoms with Crippen LogP contribution >= 0.6 is 0 Å². The van der Waals surface area contributed by atoms with Gasteiger partial charge in [-0.3, -0.25) is 0 Å². The highest BCUT2D eigenvalue weighted by Crippen LogP contribution is 2.15. The Hall–Kier alpha value is -0.603. The minimum atomic E-state index is -0.821. The van der Waals surface area contributed by atoms with Crippen LogP contribution in [-0.4, -0.2) is 13.9 Å². The van der Waals surface area contributed by atoms with E-state index in [-0.39, 0.29) is 6.61 Å². The van der Waals surface area contributed by atoms with Crippen LogP contribution < -0.4 is 5.19 Å². The zero-order valence-corrected chi connectivity index (χ0v) is 12.8. The van der Waals surface area contributed by atoms with Crippen molar-refractivity contribution in [1.29, 1.82) is 0 Å². The average molecular weight is 250 g/mol. The standard InChI is InChI=1S/C15H26OSi/c1-12(2)10-17(11-13(3)4)15-7-5-14(9-16)6-8-15/h5-8,12-13,16-17H,9-11H2,1-4H3. The van der Waals surface area contributed by atoms with Crippen LogP contribution in [0.5, 0.6) is 0 Å². The molecule has 1 rings (SSSR count). The first-order valence-electron chi connectivity index (χ1n) is 6.72. The van der Waals surface area contributed by atoms with Crippen molar-refractivity contribution in [2.24, 2.45) is 11.8 Å². The zero-order chi connectivity index (χ0) is 12.8. The van der Waals surface area contributed by atoms with Gasteiger partial charge in [0.15, 0.2) is 0 Å². The van der Waals surface area contributed by atoms with Gasteiger partial charge in [0.1, 0.15) is 0 Å². The lowest BCUT2D eigenvalue weighted by molar-refractivity contribution is 0.282. The Morgan fingerprint density at radius 3 is 1.76 bits per heavy atom. The minimum Gasteiger partial charge on any atom is -0.392 e. The summed E-state index contributed by atoms with van der Waals surface area (Å²) in [7, 11) is -0.821. The van der Waals surface area contributed by atoms with Crippen molar-refractivity contribution in [3.05, 3.63) is 29.8 Å². The van der Waals surface area contributed by atoms with Gasteiger partial charge in [-0.25, -0.2) is 0 Å². The van der Waals surface area contributed by atoms with Gasteiger partial charge in [-0.05, 0) is 17.4 Å². The van der Waals surface area contributed by atoms with Crippen molar-refractivity contribution in [1.82, 2.24) is 0 Å². The van der Waals surface area contributed by atoms with Gasteiger partial charge in [0.05, 0.1) is 15.4 Å². The maximum atomic E-state index is 9.07. The number of rotatable bonds is 6. The van der Waals surface area contributed by atoms with E-state index in [4.69, 9.17) is 5.11 Å². The first-order valence-corrected chi connectivity index (χ1v) is 8.93.